The number of aromatic nitrogens is 3. The highest BCUT2D eigenvalue weighted by Gasteiger charge is 2.29. The summed E-state index contributed by atoms with van der Waals surface area (Å²) in [7, 11) is 0. The van der Waals surface area contributed by atoms with E-state index in [4.69, 9.17) is 11.6 Å². The van der Waals surface area contributed by atoms with Crippen LogP contribution in [0, 0.1) is 0 Å². The normalized spacial score (nSPS) is 17.8. The second-order valence-electron chi connectivity index (χ2n) is 6.93. The first-order chi connectivity index (χ1) is 13.1. The number of amides is 2. The van der Waals surface area contributed by atoms with Crippen molar-refractivity contribution in [2.75, 3.05) is 12.3 Å². The van der Waals surface area contributed by atoms with Crippen LogP contribution >= 0.6 is 23.4 Å². The number of likely N-dealkylation sites (tertiary alicyclic amines) is 1. The molecule has 2 heterocycles. The van der Waals surface area contributed by atoms with E-state index in [1.54, 1.807) is 0 Å². The van der Waals surface area contributed by atoms with Gasteiger partial charge in [0.25, 0.3) is 0 Å². The minimum atomic E-state index is -0.150. The number of nitrogens with zero attached hydrogens (tertiary/aromatic N) is 4. The highest BCUT2D eigenvalue weighted by atomic mass is 35.5. The summed E-state index contributed by atoms with van der Waals surface area (Å²) < 4.78 is 2.14. The lowest BCUT2D eigenvalue weighted by molar-refractivity contribution is -0.140. The van der Waals surface area contributed by atoms with Crippen LogP contribution in [0.5, 0.6) is 0 Å². The molecule has 2 aliphatic rings. The molecule has 0 bridgehead atoms. The standard InChI is InChI=1S/C19H21ClN4O2S/c20-15-9-4-3-8-14(15)18-21-22-19(24(18)13-6-1-2-7-13)27-12-17(26)23-11-5-10-16(23)25/h3-4,8-9,13H,1-2,5-7,10-12H2. The molecule has 1 aromatic heterocycles. The van der Waals surface area contributed by atoms with Crippen molar-refractivity contribution in [3.05, 3.63) is 29.3 Å². The van der Waals surface area contributed by atoms with Crippen LogP contribution in [-0.4, -0.2) is 43.8 Å². The van der Waals surface area contributed by atoms with Crippen molar-refractivity contribution in [1.29, 1.82) is 0 Å². The van der Waals surface area contributed by atoms with Gasteiger partial charge >= 0.3 is 0 Å². The highest BCUT2D eigenvalue weighted by molar-refractivity contribution is 7.99. The van der Waals surface area contributed by atoms with Crippen LogP contribution in [0.3, 0.4) is 0 Å². The molecule has 0 radical (unpaired) electrons. The summed E-state index contributed by atoms with van der Waals surface area (Å²) in [6.07, 6.45) is 5.71. The summed E-state index contributed by atoms with van der Waals surface area (Å²) in [5.74, 6) is 0.719. The second kappa shape index (κ2) is 8.02. The van der Waals surface area contributed by atoms with Gasteiger partial charge in [-0.25, -0.2) is 0 Å². The monoisotopic (exact) mass is 404 g/mol. The Bertz CT molecular complexity index is 863. The Morgan fingerprint density at radius 3 is 2.67 bits per heavy atom. The molecule has 2 amide bonds. The van der Waals surface area contributed by atoms with E-state index in [2.05, 4.69) is 14.8 Å². The van der Waals surface area contributed by atoms with E-state index in [-0.39, 0.29) is 17.6 Å². The van der Waals surface area contributed by atoms with E-state index >= 15 is 0 Å². The fraction of sp³-hybridized carbons (Fsp3) is 0.474. The largest absolute Gasteiger partial charge is 0.299 e. The van der Waals surface area contributed by atoms with Crippen molar-refractivity contribution in [1.82, 2.24) is 19.7 Å². The van der Waals surface area contributed by atoms with Crippen LogP contribution in [-0.2, 0) is 9.59 Å². The summed E-state index contributed by atoms with van der Waals surface area (Å²) >= 11 is 7.75. The van der Waals surface area contributed by atoms with E-state index in [0.717, 1.165) is 35.8 Å². The Morgan fingerprint density at radius 2 is 1.96 bits per heavy atom. The fourth-order valence-electron chi connectivity index (χ4n) is 3.81. The summed E-state index contributed by atoms with van der Waals surface area (Å²) in [5, 5.41) is 10.1. The summed E-state index contributed by atoms with van der Waals surface area (Å²) in [6.45, 7) is 0.526. The predicted molar refractivity (Wildman–Crippen MR) is 105 cm³/mol. The zero-order valence-corrected chi connectivity index (χ0v) is 16.5. The number of carbonyl (C=O) groups excluding carboxylic acids is 2. The minimum absolute atomic E-state index is 0.0744. The molecule has 1 aliphatic heterocycles. The van der Waals surface area contributed by atoms with Crippen molar-refractivity contribution < 1.29 is 9.59 Å². The number of thioether (sulfide) groups is 1. The molecule has 0 N–H and O–H groups in total. The molecule has 1 saturated heterocycles. The Morgan fingerprint density at radius 1 is 1.19 bits per heavy atom. The third-order valence-electron chi connectivity index (χ3n) is 5.17. The van der Waals surface area contributed by atoms with E-state index in [1.165, 1.54) is 29.5 Å². The van der Waals surface area contributed by atoms with E-state index in [1.807, 2.05) is 24.3 Å². The number of benzene rings is 1. The molecule has 27 heavy (non-hydrogen) atoms. The van der Waals surface area contributed by atoms with Gasteiger partial charge in [-0.15, -0.1) is 10.2 Å². The molecule has 2 fully saturated rings. The third-order valence-corrected chi connectivity index (χ3v) is 6.43. The first-order valence-corrected chi connectivity index (χ1v) is 10.7. The average molecular weight is 405 g/mol. The number of halogens is 1. The molecule has 1 aliphatic carbocycles. The van der Waals surface area contributed by atoms with Gasteiger partial charge < -0.3 is 0 Å². The average Bonchev–Trinajstić information content (AvgIpc) is 3.40. The van der Waals surface area contributed by atoms with Gasteiger partial charge in [0.1, 0.15) is 0 Å². The number of hydrogen-bond donors (Lipinski definition) is 0. The Balaban J connectivity index is 1.60. The van der Waals surface area contributed by atoms with Crippen LogP contribution in [0.25, 0.3) is 11.4 Å². The smallest absolute Gasteiger partial charge is 0.239 e. The molecule has 0 atom stereocenters. The van der Waals surface area contributed by atoms with Crippen molar-refractivity contribution >= 4 is 35.2 Å². The summed E-state index contributed by atoms with van der Waals surface area (Å²) in [6, 6.07) is 7.94. The van der Waals surface area contributed by atoms with Crippen LogP contribution in [0.2, 0.25) is 5.02 Å². The van der Waals surface area contributed by atoms with E-state index < -0.39 is 0 Å². The topological polar surface area (TPSA) is 68.1 Å². The molecule has 0 spiro atoms. The molecule has 2 aromatic rings. The first kappa shape index (κ1) is 18.5. The van der Waals surface area contributed by atoms with Gasteiger partial charge in [0.15, 0.2) is 11.0 Å². The number of rotatable bonds is 5. The molecule has 1 aromatic carbocycles. The van der Waals surface area contributed by atoms with Crippen molar-refractivity contribution in [2.45, 2.75) is 49.7 Å². The van der Waals surface area contributed by atoms with Gasteiger partial charge in [-0.05, 0) is 31.4 Å². The minimum Gasteiger partial charge on any atom is -0.299 e. The van der Waals surface area contributed by atoms with Crippen molar-refractivity contribution in [3.63, 3.8) is 0 Å². The van der Waals surface area contributed by atoms with Gasteiger partial charge in [-0.2, -0.15) is 0 Å². The van der Waals surface area contributed by atoms with Gasteiger partial charge in [0.2, 0.25) is 11.8 Å². The van der Waals surface area contributed by atoms with Gasteiger partial charge in [0.05, 0.1) is 10.8 Å². The molecule has 8 heteroatoms. The Labute approximate surface area is 167 Å². The Hall–Kier alpha value is -1.86. The molecule has 6 nitrogen and oxygen atoms in total. The van der Waals surface area contributed by atoms with Crippen molar-refractivity contribution in [3.8, 4) is 11.4 Å². The lowest BCUT2D eigenvalue weighted by atomic mass is 10.2. The number of carbonyl (C=O) groups is 2. The fourth-order valence-corrected chi connectivity index (χ4v) is 4.91. The number of hydrogen-bond acceptors (Lipinski definition) is 5. The Kier molecular flexibility index (Phi) is 5.50. The molecular formula is C19H21ClN4O2S. The molecular weight excluding hydrogens is 384 g/mol. The first-order valence-electron chi connectivity index (χ1n) is 9.31. The highest BCUT2D eigenvalue weighted by Crippen LogP contribution is 2.38. The summed E-state index contributed by atoms with van der Waals surface area (Å²) in [5.41, 5.74) is 0.853. The molecule has 4 rings (SSSR count). The third kappa shape index (κ3) is 3.75. The van der Waals surface area contributed by atoms with E-state index in [9.17, 15) is 9.59 Å². The lowest BCUT2D eigenvalue weighted by Gasteiger charge is -2.18. The predicted octanol–water partition coefficient (Wildman–Crippen LogP) is 3.95. The van der Waals surface area contributed by atoms with Crippen LogP contribution in [0.1, 0.15) is 44.6 Å². The van der Waals surface area contributed by atoms with Crippen LogP contribution < -0.4 is 0 Å². The van der Waals surface area contributed by atoms with E-state index in [0.29, 0.717) is 24.0 Å². The van der Waals surface area contributed by atoms with Crippen LogP contribution in [0.15, 0.2) is 29.4 Å². The molecule has 1 saturated carbocycles. The molecule has 142 valence electrons. The number of imide groups is 1. The lowest BCUT2D eigenvalue weighted by Crippen LogP contribution is -2.33. The maximum atomic E-state index is 12.4. The van der Waals surface area contributed by atoms with Crippen molar-refractivity contribution in [2.24, 2.45) is 0 Å². The zero-order valence-electron chi connectivity index (χ0n) is 14.9. The SMILES string of the molecule is O=C1CCCN1C(=O)CSc1nnc(-c2ccccc2Cl)n1C1CCCC1. The zero-order chi connectivity index (χ0) is 18.8. The quantitative estimate of drug-likeness (QED) is 0.705. The maximum absolute atomic E-state index is 12.4. The second-order valence-corrected chi connectivity index (χ2v) is 8.28. The summed E-state index contributed by atoms with van der Waals surface area (Å²) in [4.78, 5) is 25.5. The van der Waals surface area contributed by atoms with Crippen LogP contribution in [0.4, 0.5) is 0 Å². The van der Waals surface area contributed by atoms with Gasteiger partial charge in [-0.3, -0.25) is 19.1 Å². The van der Waals surface area contributed by atoms with Gasteiger partial charge in [-0.1, -0.05) is 48.3 Å². The molecule has 0 unspecified atom stereocenters. The maximum Gasteiger partial charge on any atom is 0.239 e. The van der Waals surface area contributed by atoms with Gasteiger partial charge in [0, 0.05) is 24.6 Å².